The third kappa shape index (κ3) is 5.31. The van der Waals surface area contributed by atoms with Gasteiger partial charge in [0, 0.05) is 18.3 Å². The van der Waals surface area contributed by atoms with Crippen molar-refractivity contribution in [3.05, 3.63) is 53.7 Å². The van der Waals surface area contributed by atoms with Gasteiger partial charge in [-0.1, -0.05) is 6.07 Å². The topological polar surface area (TPSA) is 132 Å². The Bertz CT molecular complexity index is 907. The van der Waals surface area contributed by atoms with E-state index in [1.54, 1.807) is 30.3 Å². The number of amides is 2. The summed E-state index contributed by atoms with van der Waals surface area (Å²) in [4.78, 5) is 39.1. The highest BCUT2D eigenvalue weighted by Gasteiger charge is 2.26. The maximum Gasteiger partial charge on any atom is 0.306 e. The first kappa shape index (κ1) is 20.3. The zero-order valence-corrected chi connectivity index (χ0v) is 15.8. The quantitative estimate of drug-likeness (QED) is 0.658. The van der Waals surface area contributed by atoms with Crippen molar-refractivity contribution in [2.24, 2.45) is 17.6 Å². The normalized spacial score (nSPS) is 18.6. The minimum atomic E-state index is -0.745. The standard InChI is InChI=1S/C21H23N3O5/c22-18(25)15-3-1-4-16(11-15)29-20-17(5-2-10-23-20)19(26)24-12-13-6-8-14(9-7-13)21(27)28/h1-5,10-11,13-14H,6-9,12H2,(H2,22,25)(H,24,26)(H,27,28). The van der Waals surface area contributed by atoms with Gasteiger partial charge >= 0.3 is 5.97 Å². The van der Waals surface area contributed by atoms with Gasteiger partial charge in [-0.2, -0.15) is 0 Å². The highest BCUT2D eigenvalue weighted by atomic mass is 16.5. The fraction of sp³-hybridized carbons (Fsp3) is 0.333. The lowest BCUT2D eigenvalue weighted by Crippen LogP contribution is -2.32. The summed E-state index contributed by atoms with van der Waals surface area (Å²) in [5, 5.41) is 12.0. The van der Waals surface area contributed by atoms with E-state index in [4.69, 9.17) is 15.6 Å². The van der Waals surface area contributed by atoms with Crippen LogP contribution in [0.4, 0.5) is 0 Å². The number of rotatable bonds is 7. The molecule has 0 unspecified atom stereocenters. The third-order valence-corrected chi connectivity index (χ3v) is 5.10. The van der Waals surface area contributed by atoms with Crippen LogP contribution in [0.25, 0.3) is 0 Å². The van der Waals surface area contributed by atoms with E-state index >= 15 is 0 Å². The maximum atomic E-state index is 12.6. The van der Waals surface area contributed by atoms with Crippen molar-refractivity contribution in [3.8, 4) is 11.6 Å². The van der Waals surface area contributed by atoms with E-state index in [-0.39, 0.29) is 29.2 Å². The van der Waals surface area contributed by atoms with Crippen molar-refractivity contribution >= 4 is 17.8 Å². The minimum absolute atomic E-state index is 0.126. The van der Waals surface area contributed by atoms with Crippen LogP contribution in [-0.4, -0.2) is 34.4 Å². The molecule has 2 aromatic rings. The lowest BCUT2D eigenvalue weighted by molar-refractivity contribution is -0.143. The molecule has 1 saturated carbocycles. The molecule has 8 heteroatoms. The van der Waals surface area contributed by atoms with Crippen molar-refractivity contribution in [1.82, 2.24) is 10.3 Å². The molecule has 0 bridgehead atoms. The van der Waals surface area contributed by atoms with E-state index < -0.39 is 11.9 Å². The lowest BCUT2D eigenvalue weighted by atomic mass is 9.82. The van der Waals surface area contributed by atoms with Crippen LogP contribution in [0.15, 0.2) is 42.6 Å². The molecule has 152 valence electrons. The number of carbonyl (C=O) groups excluding carboxylic acids is 2. The molecule has 8 nitrogen and oxygen atoms in total. The lowest BCUT2D eigenvalue weighted by Gasteiger charge is -2.26. The fourth-order valence-corrected chi connectivity index (χ4v) is 3.42. The van der Waals surface area contributed by atoms with Gasteiger partial charge in [0.25, 0.3) is 5.91 Å². The SMILES string of the molecule is NC(=O)c1cccc(Oc2ncccc2C(=O)NCC2CCC(C(=O)O)CC2)c1. The van der Waals surface area contributed by atoms with Crippen LogP contribution in [0.1, 0.15) is 46.4 Å². The molecule has 1 aliphatic carbocycles. The van der Waals surface area contributed by atoms with Crippen LogP contribution in [0.3, 0.4) is 0 Å². The van der Waals surface area contributed by atoms with Crippen molar-refractivity contribution < 1.29 is 24.2 Å². The fourth-order valence-electron chi connectivity index (χ4n) is 3.42. The Labute approximate surface area is 168 Å². The average molecular weight is 397 g/mol. The summed E-state index contributed by atoms with van der Waals surface area (Å²) in [5.74, 6) is -1.20. The first-order valence-corrected chi connectivity index (χ1v) is 9.47. The molecule has 3 rings (SSSR count). The Kier molecular flexibility index (Phi) is 6.43. The van der Waals surface area contributed by atoms with Crippen molar-refractivity contribution in [2.75, 3.05) is 6.54 Å². The van der Waals surface area contributed by atoms with Gasteiger partial charge in [-0.3, -0.25) is 14.4 Å². The third-order valence-electron chi connectivity index (χ3n) is 5.10. The van der Waals surface area contributed by atoms with E-state index in [2.05, 4.69) is 10.3 Å². The molecule has 0 spiro atoms. The highest BCUT2D eigenvalue weighted by Crippen LogP contribution is 2.29. The number of nitrogens with two attached hydrogens (primary N) is 1. The number of nitrogens with zero attached hydrogens (tertiary/aromatic N) is 1. The molecule has 29 heavy (non-hydrogen) atoms. The van der Waals surface area contributed by atoms with Gasteiger partial charge in [0.1, 0.15) is 11.3 Å². The molecule has 1 fully saturated rings. The van der Waals surface area contributed by atoms with E-state index in [1.165, 1.54) is 12.3 Å². The molecule has 2 amide bonds. The summed E-state index contributed by atoms with van der Waals surface area (Å²) < 4.78 is 5.71. The average Bonchev–Trinajstić information content (AvgIpc) is 2.73. The Hall–Kier alpha value is -3.42. The molecule has 4 N–H and O–H groups in total. The zero-order valence-electron chi connectivity index (χ0n) is 15.8. The van der Waals surface area contributed by atoms with Gasteiger partial charge in [0.2, 0.25) is 11.8 Å². The molecule has 0 saturated heterocycles. The maximum absolute atomic E-state index is 12.6. The van der Waals surface area contributed by atoms with Crippen molar-refractivity contribution in [1.29, 1.82) is 0 Å². The number of hydrogen-bond acceptors (Lipinski definition) is 5. The number of carbonyl (C=O) groups is 3. The Balaban J connectivity index is 1.62. The number of carboxylic acid groups (broad SMARTS) is 1. The molecule has 0 radical (unpaired) electrons. The second-order valence-corrected chi connectivity index (χ2v) is 7.12. The Morgan fingerprint density at radius 3 is 2.59 bits per heavy atom. The molecule has 1 aliphatic rings. The molecule has 0 aliphatic heterocycles. The van der Waals surface area contributed by atoms with E-state index in [0.717, 1.165) is 12.8 Å². The van der Waals surface area contributed by atoms with Crippen LogP contribution in [0.2, 0.25) is 0 Å². The summed E-state index contributed by atoms with van der Waals surface area (Å²) in [6.45, 7) is 0.469. The second-order valence-electron chi connectivity index (χ2n) is 7.12. The number of primary amides is 1. The van der Waals surface area contributed by atoms with Gasteiger partial charge in [0.15, 0.2) is 0 Å². The number of hydrogen-bond donors (Lipinski definition) is 3. The van der Waals surface area contributed by atoms with Gasteiger partial charge in [-0.15, -0.1) is 0 Å². The first-order chi connectivity index (χ1) is 13.9. The minimum Gasteiger partial charge on any atom is -0.481 e. The molecular formula is C21H23N3O5. The van der Waals surface area contributed by atoms with Gasteiger partial charge in [-0.05, 0) is 61.9 Å². The summed E-state index contributed by atoms with van der Waals surface area (Å²) in [6, 6.07) is 9.58. The summed E-state index contributed by atoms with van der Waals surface area (Å²) in [6.07, 6.45) is 4.32. The molecule has 0 atom stereocenters. The van der Waals surface area contributed by atoms with Gasteiger partial charge in [0.05, 0.1) is 5.92 Å². The monoisotopic (exact) mass is 397 g/mol. The largest absolute Gasteiger partial charge is 0.481 e. The van der Waals surface area contributed by atoms with Gasteiger partial charge in [-0.25, -0.2) is 4.98 Å². The molecule has 1 aromatic carbocycles. The Morgan fingerprint density at radius 2 is 1.90 bits per heavy atom. The summed E-state index contributed by atoms with van der Waals surface area (Å²) in [5.41, 5.74) is 5.85. The van der Waals surface area contributed by atoms with E-state index in [9.17, 15) is 14.4 Å². The van der Waals surface area contributed by atoms with Crippen LogP contribution >= 0.6 is 0 Å². The summed E-state index contributed by atoms with van der Waals surface area (Å²) >= 11 is 0. The summed E-state index contributed by atoms with van der Waals surface area (Å²) in [7, 11) is 0. The van der Waals surface area contributed by atoms with Gasteiger partial charge < -0.3 is 20.9 Å². The van der Waals surface area contributed by atoms with Crippen molar-refractivity contribution in [2.45, 2.75) is 25.7 Å². The van der Waals surface area contributed by atoms with Crippen LogP contribution in [0, 0.1) is 11.8 Å². The number of nitrogens with one attached hydrogen (secondary N) is 1. The van der Waals surface area contributed by atoms with Crippen LogP contribution in [0.5, 0.6) is 11.6 Å². The number of ether oxygens (including phenoxy) is 1. The highest BCUT2D eigenvalue weighted by molar-refractivity contribution is 5.96. The zero-order chi connectivity index (χ0) is 20.8. The number of benzene rings is 1. The van der Waals surface area contributed by atoms with E-state index in [0.29, 0.717) is 30.7 Å². The number of aromatic nitrogens is 1. The Morgan fingerprint density at radius 1 is 1.14 bits per heavy atom. The predicted molar refractivity (Wildman–Crippen MR) is 105 cm³/mol. The number of carboxylic acids is 1. The molecule has 1 heterocycles. The van der Waals surface area contributed by atoms with E-state index in [1.807, 2.05) is 0 Å². The van der Waals surface area contributed by atoms with Crippen LogP contribution in [-0.2, 0) is 4.79 Å². The first-order valence-electron chi connectivity index (χ1n) is 9.47. The van der Waals surface area contributed by atoms with Crippen LogP contribution < -0.4 is 15.8 Å². The molecular weight excluding hydrogens is 374 g/mol. The molecule has 1 aromatic heterocycles. The predicted octanol–water partition coefficient (Wildman–Crippen LogP) is 2.59. The number of aliphatic carboxylic acids is 1. The number of pyridine rings is 1. The van der Waals surface area contributed by atoms with Crippen molar-refractivity contribution in [3.63, 3.8) is 0 Å². The second kappa shape index (κ2) is 9.18. The smallest absolute Gasteiger partial charge is 0.306 e.